The Hall–Kier alpha value is -1.88. The van der Waals surface area contributed by atoms with Crippen LogP contribution in [0.2, 0.25) is 0 Å². The highest BCUT2D eigenvalue weighted by Gasteiger charge is 2.38. The second-order valence-corrected chi connectivity index (χ2v) is 4.07. The maximum atomic E-state index is 11.6. The summed E-state index contributed by atoms with van der Waals surface area (Å²) in [7, 11) is 0. The molecule has 1 saturated carbocycles. The maximum Gasteiger partial charge on any atom is 0.340 e. The van der Waals surface area contributed by atoms with Gasteiger partial charge in [-0.05, 0) is 30.7 Å². The molecule has 0 aromatic heterocycles. The number of carboxylic acids is 1. The van der Waals surface area contributed by atoms with E-state index in [1.807, 2.05) is 0 Å². The molecular formula is C12H12O5. The van der Waals surface area contributed by atoms with Gasteiger partial charge >= 0.3 is 11.9 Å². The molecule has 5 heteroatoms. The van der Waals surface area contributed by atoms with Crippen LogP contribution in [0.5, 0.6) is 0 Å². The molecule has 2 N–H and O–H groups in total. The topological polar surface area (TPSA) is 83.8 Å². The minimum atomic E-state index is -1.33. The Morgan fingerprint density at radius 2 is 1.65 bits per heavy atom. The standard InChI is InChI=1S/C12H12O5/c13-10(14)8-2-4-9(5-3-8)11(15)17-12(16)6-1-7-12/h2-5,16H,1,6-7H2,(H,13,14). The number of carbonyl (C=O) groups is 2. The van der Waals surface area contributed by atoms with Gasteiger partial charge in [0.1, 0.15) is 0 Å². The van der Waals surface area contributed by atoms with Gasteiger partial charge in [-0.25, -0.2) is 9.59 Å². The van der Waals surface area contributed by atoms with E-state index in [2.05, 4.69) is 0 Å². The molecule has 0 bridgehead atoms. The van der Waals surface area contributed by atoms with Gasteiger partial charge in [0.2, 0.25) is 5.79 Å². The fourth-order valence-electron chi connectivity index (χ4n) is 1.56. The van der Waals surface area contributed by atoms with Crippen molar-refractivity contribution in [2.24, 2.45) is 0 Å². The van der Waals surface area contributed by atoms with Crippen molar-refractivity contribution in [2.45, 2.75) is 25.0 Å². The van der Waals surface area contributed by atoms with E-state index in [4.69, 9.17) is 9.84 Å². The molecule has 1 aromatic carbocycles. The van der Waals surface area contributed by atoms with Gasteiger partial charge in [0.15, 0.2) is 0 Å². The lowest BCUT2D eigenvalue weighted by molar-refractivity contribution is -0.211. The summed E-state index contributed by atoms with van der Waals surface area (Å²) in [6.45, 7) is 0. The molecule has 1 fully saturated rings. The van der Waals surface area contributed by atoms with Crippen molar-refractivity contribution in [3.63, 3.8) is 0 Å². The number of hydrogen-bond acceptors (Lipinski definition) is 4. The van der Waals surface area contributed by atoms with Gasteiger partial charge < -0.3 is 14.9 Å². The second kappa shape index (κ2) is 4.18. The van der Waals surface area contributed by atoms with Crippen LogP contribution >= 0.6 is 0 Å². The van der Waals surface area contributed by atoms with E-state index in [0.717, 1.165) is 6.42 Å². The highest BCUT2D eigenvalue weighted by molar-refractivity contribution is 5.92. The lowest BCUT2D eigenvalue weighted by Crippen LogP contribution is -2.41. The molecule has 5 nitrogen and oxygen atoms in total. The number of rotatable bonds is 3. The highest BCUT2D eigenvalue weighted by Crippen LogP contribution is 2.33. The summed E-state index contributed by atoms with van der Waals surface area (Å²) in [5.41, 5.74) is 0.333. The summed E-state index contributed by atoms with van der Waals surface area (Å²) < 4.78 is 4.93. The van der Waals surface area contributed by atoms with Crippen molar-refractivity contribution in [3.8, 4) is 0 Å². The van der Waals surface area contributed by atoms with E-state index in [1.54, 1.807) is 0 Å². The quantitative estimate of drug-likeness (QED) is 0.612. The Kier molecular flexibility index (Phi) is 2.85. The highest BCUT2D eigenvalue weighted by atomic mass is 16.7. The monoisotopic (exact) mass is 236 g/mol. The SMILES string of the molecule is O=C(O)c1ccc(C(=O)OC2(O)CCC2)cc1. The summed E-state index contributed by atoms with van der Waals surface area (Å²) in [6, 6.07) is 5.38. The number of carbonyl (C=O) groups excluding carboxylic acids is 1. The number of hydrogen-bond donors (Lipinski definition) is 2. The van der Waals surface area contributed by atoms with Crippen LogP contribution in [-0.2, 0) is 4.74 Å². The van der Waals surface area contributed by atoms with Gasteiger partial charge in [0.25, 0.3) is 0 Å². The Bertz CT molecular complexity index is 444. The van der Waals surface area contributed by atoms with Crippen LogP contribution in [0.1, 0.15) is 40.0 Å². The zero-order valence-electron chi connectivity index (χ0n) is 9.05. The predicted molar refractivity (Wildman–Crippen MR) is 57.6 cm³/mol. The predicted octanol–water partition coefficient (Wildman–Crippen LogP) is 1.41. The zero-order valence-corrected chi connectivity index (χ0v) is 9.05. The summed E-state index contributed by atoms with van der Waals surface area (Å²) >= 11 is 0. The summed E-state index contributed by atoms with van der Waals surface area (Å²) in [6.07, 6.45) is 1.74. The van der Waals surface area contributed by atoms with Crippen LogP contribution in [0.25, 0.3) is 0 Å². The van der Waals surface area contributed by atoms with Gasteiger partial charge in [-0.2, -0.15) is 0 Å². The van der Waals surface area contributed by atoms with Gasteiger partial charge in [-0.1, -0.05) is 0 Å². The van der Waals surface area contributed by atoms with E-state index in [-0.39, 0.29) is 11.1 Å². The van der Waals surface area contributed by atoms with E-state index in [0.29, 0.717) is 12.8 Å². The zero-order chi connectivity index (χ0) is 12.5. The molecule has 1 aliphatic rings. The third-order valence-electron chi connectivity index (χ3n) is 2.79. The van der Waals surface area contributed by atoms with Crippen LogP contribution in [0.3, 0.4) is 0 Å². The van der Waals surface area contributed by atoms with Crippen molar-refractivity contribution in [2.75, 3.05) is 0 Å². The van der Waals surface area contributed by atoms with Crippen molar-refractivity contribution in [3.05, 3.63) is 35.4 Å². The molecule has 0 spiro atoms. The molecule has 17 heavy (non-hydrogen) atoms. The number of carboxylic acid groups (broad SMARTS) is 1. The van der Waals surface area contributed by atoms with Crippen LogP contribution in [-0.4, -0.2) is 27.9 Å². The summed E-state index contributed by atoms with van der Waals surface area (Å²) in [5, 5.41) is 18.3. The van der Waals surface area contributed by atoms with Gasteiger partial charge in [-0.3, -0.25) is 0 Å². The first kappa shape index (κ1) is 11.6. The van der Waals surface area contributed by atoms with E-state index >= 15 is 0 Å². The minimum absolute atomic E-state index is 0.101. The van der Waals surface area contributed by atoms with E-state index in [9.17, 15) is 14.7 Å². The molecule has 0 unspecified atom stereocenters. The lowest BCUT2D eigenvalue weighted by atomic mass is 9.91. The van der Waals surface area contributed by atoms with Crippen molar-refractivity contribution in [1.29, 1.82) is 0 Å². The molecule has 1 aromatic rings. The normalized spacial score (nSPS) is 17.0. The Balaban J connectivity index is 2.06. The van der Waals surface area contributed by atoms with Crippen LogP contribution in [0.4, 0.5) is 0 Å². The molecule has 0 heterocycles. The molecule has 0 radical (unpaired) electrons. The third-order valence-corrected chi connectivity index (χ3v) is 2.79. The number of esters is 1. The largest absolute Gasteiger partial charge is 0.478 e. The number of ether oxygens (including phenoxy) is 1. The van der Waals surface area contributed by atoms with Gasteiger partial charge in [0.05, 0.1) is 11.1 Å². The Morgan fingerprint density at radius 1 is 1.12 bits per heavy atom. The Labute approximate surface area is 97.6 Å². The first-order valence-electron chi connectivity index (χ1n) is 5.29. The lowest BCUT2D eigenvalue weighted by Gasteiger charge is -2.35. The van der Waals surface area contributed by atoms with Crippen LogP contribution < -0.4 is 0 Å². The molecule has 0 atom stereocenters. The average molecular weight is 236 g/mol. The molecule has 0 saturated heterocycles. The number of aliphatic hydroxyl groups is 1. The number of aromatic carboxylic acids is 1. The first-order chi connectivity index (χ1) is 8.00. The summed E-state index contributed by atoms with van der Waals surface area (Å²) in [5.74, 6) is -3.02. The fraction of sp³-hybridized carbons (Fsp3) is 0.333. The smallest absolute Gasteiger partial charge is 0.340 e. The van der Waals surface area contributed by atoms with Crippen molar-refractivity contribution < 1.29 is 24.5 Å². The molecule has 0 aliphatic heterocycles. The maximum absolute atomic E-state index is 11.6. The molecule has 0 amide bonds. The van der Waals surface area contributed by atoms with E-state index < -0.39 is 17.7 Å². The van der Waals surface area contributed by atoms with Gasteiger partial charge in [-0.15, -0.1) is 0 Å². The minimum Gasteiger partial charge on any atom is -0.478 e. The van der Waals surface area contributed by atoms with Crippen molar-refractivity contribution in [1.82, 2.24) is 0 Å². The first-order valence-corrected chi connectivity index (χ1v) is 5.29. The summed E-state index contributed by atoms with van der Waals surface area (Å²) in [4.78, 5) is 22.2. The van der Waals surface area contributed by atoms with Crippen LogP contribution in [0.15, 0.2) is 24.3 Å². The number of benzene rings is 1. The molecule has 1 aliphatic carbocycles. The molecule has 90 valence electrons. The van der Waals surface area contributed by atoms with Gasteiger partial charge in [0, 0.05) is 12.8 Å². The van der Waals surface area contributed by atoms with Crippen LogP contribution in [0, 0.1) is 0 Å². The molecule has 2 rings (SSSR count). The average Bonchev–Trinajstić information content (AvgIpc) is 2.27. The molecular weight excluding hydrogens is 224 g/mol. The fourth-order valence-corrected chi connectivity index (χ4v) is 1.56. The van der Waals surface area contributed by atoms with Crippen molar-refractivity contribution >= 4 is 11.9 Å². The van der Waals surface area contributed by atoms with E-state index in [1.165, 1.54) is 24.3 Å². The third kappa shape index (κ3) is 2.45. The Morgan fingerprint density at radius 3 is 2.06 bits per heavy atom. The second-order valence-electron chi connectivity index (χ2n) is 4.07.